The molecule has 1 fully saturated rings. The van der Waals surface area contributed by atoms with E-state index in [0.717, 1.165) is 42.9 Å². The van der Waals surface area contributed by atoms with Crippen LogP contribution in [-0.4, -0.2) is 48.8 Å². The molecule has 1 saturated heterocycles. The third kappa shape index (κ3) is 8.73. The Bertz CT molecular complexity index is 811. The zero-order chi connectivity index (χ0) is 22.8. The fourth-order valence-corrected chi connectivity index (χ4v) is 4.77. The summed E-state index contributed by atoms with van der Waals surface area (Å²) in [6.07, 6.45) is 1.84. The summed E-state index contributed by atoms with van der Waals surface area (Å²) < 4.78 is 13.2. The number of nitrogens with two attached hydrogens (primary N) is 1. The van der Waals surface area contributed by atoms with Crippen LogP contribution in [0.1, 0.15) is 32.3 Å². The number of nitrogen functional groups attached to an aromatic ring is 1. The number of carbonyl (C=O) groups excluding carboxylic acids is 1. The van der Waals surface area contributed by atoms with E-state index in [-0.39, 0.29) is 18.2 Å². The van der Waals surface area contributed by atoms with Crippen LogP contribution in [-0.2, 0) is 15.9 Å². The highest BCUT2D eigenvalue weighted by Crippen LogP contribution is 2.25. The smallest absolute Gasteiger partial charge is 0.407 e. The second-order valence-electron chi connectivity index (χ2n) is 8.65. The van der Waals surface area contributed by atoms with Crippen molar-refractivity contribution in [3.8, 4) is 0 Å². The third-order valence-electron chi connectivity index (χ3n) is 5.22. The topological polar surface area (TPSA) is 76.8 Å². The number of hydrogen-bond acceptors (Lipinski definition) is 6. The predicted molar refractivity (Wildman–Crippen MR) is 131 cm³/mol. The molecule has 7 heteroatoms. The number of ether oxygens (including phenoxy) is 2. The Kier molecular flexibility index (Phi) is 9.71. The molecule has 0 aliphatic carbocycles. The number of rotatable bonds is 11. The Morgan fingerprint density at radius 2 is 1.97 bits per heavy atom. The highest BCUT2D eigenvalue weighted by molar-refractivity contribution is 7.97. The molecule has 1 heterocycles. The lowest BCUT2D eigenvalue weighted by Gasteiger charge is -2.26. The average Bonchev–Trinajstić information content (AvgIpc) is 3.26. The van der Waals surface area contributed by atoms with Crippen molar-refractivity contribution in [3.05, 3.63) is 60.2 Å². The molecule has 2 aromatic carbocycles. The van der Waals surface area contributed by atoms with Gasteiger partial charge in [0, 0.05) is 36.1 Å². The standard InChI is InChI=1S/C25H35N3O3S/c1-19(2)17-28(32-24-10-8-21(26)9-11-24)14-12-22(16-20-6-4-3-5-7-20)27-25(29)31-23-13-15-30-18-23/h3-11,19,22-23H,12-18,26H2,1-2H3,(H,27,29)/t22-,23+/m1/s1. The van der Waals surface area contributed by atoms with E-state index in [1.54, 1.807) is 11.9 Å². The number of nitrogens with zero attached hydrogens (tertiary/aromatic N) is 1. The number of alkyl carbamates (subject to hydrolysis) is 1. The van der Waals surface area contributed by atoms with Gasteiger partial charge < -0.3 is 20.5 Å². The molecule has 3 N–H and O–H groups in total. The first kappa shape index (κ1) is 24.4. The van der Waals surface area contributed by atoms with Gasteiger partial charge in [-0.15, -0.1) is 0 Å². The zero-order valence-corrected chi connectivity index (χ0v) is 19.9. The van der Waals surface area contributed by atoms with Crippen molar-refractivity contribution in [1.82, 2.24) is 9.62 Å². The van der Waals surface area contributed by atoms with Gasteiger partial charge in [-0.05, 0) is 60.5 Å². The molecule has 32 heavy (non-hydrogen) atoms. The zero-order valence-electron chi connectivity index (χ0n) is 19.0. The quantitative estimate of drug-likeness (QED) is 0.375. The Morgan fingerprint density at radius 3 is 2.62 bits per heavy atom. The first-order valence-corrected chi connectivity index (χ1v) is 12.1. The largest absolute Gasteiger partial charge is 0.444 e. The summed E-state index contributed by atoms with van der Waals surface area (Å²) >= 11 is 1.74. The van der Waals surface area contributed by atoms with E-state index in [1.165, 1.54) is 5.56 Å². The summed E-state index contributed by atoms with van der Waals surface area (Å²) in [6.45, 7) is 7.37. The van der Waals surface area contributed by atoms with Crippen LogP contribution in [0.15, 0.2) is 59.5 Å². The number of carbonyl (C=O) groups is 1. The fourth-order valence-electron chi connectivity index (χ4n) is 3.64. The molecule has 0 unspecified atom stereocenters. The van der Waals surface area contributed by atoms with E-state index >= 15 is 0 Å². The van der Waals surface area contributed by atoms with Crippen LogP contribution in [0.3, 0.4) is 0 Å². The van der Waals surface area contributed by atoms with Gasteiger partial charge in [-0.25, -0.2) is 9.10 Å². The van der Waals surface area contributed by atoms with Gasteiger partial charge in [-0.2, -0.15) is 0 Å². The van der Waals surface area contributed by atoms with E-state index in [0.29, 0.717) is 19.1 Å². The molecule has 0 aromatic heterocycles. The Balaban J connectivity index is 1.61. The van der Waals surface area contributed by atoms with E-state index in [1.807, 2.05) is 42.5 Å². The summed E-state index contributed by atoms with van der Waals surface area (Å²) in [5.74, 6) is 0.532. The van der Waals surface area contributed by atoms with Crippen LogP contribution in [0.4, 0.5) is 10.5 Å². The molecule has 0 spiro atoms. The summed E-state index contributed by atoms with van der Waals surface area (Å²) in [7, 11) is 0. The minimum Gasteiger partial charge on any atom is -0.444 e. The van der Waals surface area contributed by atoms with Gasteiger partial charge >= 0.3 is 6.09 Å². The van der Waals surface area contributed by atoms with Crippen LogP contribution >= 0.6 is 11.9 Å². The van der Waals surface area contributed by atoms with Crippen molar-refractivity contribution in [2.75, 3.05) is 32.0 Å². The Morgan fingerprint density at radius 1 is 1.22 bits per heavy atom. The fraction of sp³-hybridized carbons (Fsp3) is 0.480. The number of amides is 1. The summed E-state index contributed by atoms with van der Waals surface area (Å²) in [6, 6.07) is 18.2. The third-order valence-corrected chi connectivity index (χ3v) is 6.29. The van der Waals surface area contributed by atoms with E-state index in [4.69, 9.17) is 15.2 Å². The molecule has 3 rings (SSSR count). The van der Waals surface area contributed by atoms with Crippen LogP contribution in [0.25, 0.3) is 0 Å². The molecule has 0 saturated carbocycles. The molecule has 1 aliphatic heterocycles. The van der Waals surface area contributed by atoms with Gasteiger partial charge in [0.05, 0.1) is 13.2 Å². The van der Waals surface area contributed by atoms with E-state index < -0.39 is 0 Å². The number of benzene rings is 2. The van der Waals surface area contributed by atoms with Crippen molar-refractivity contribution in [3.63, 3.8) is 0 Å². The monoisotopic (exact) mass is 457 g/mol. The molecule has 1 amide bonds. The maximum absolute atomic E-state index is 12.5. The van der Waals surface area contributed by atoms with Gasteiger partial charge in [0.1, 0.15) is 6.10 Å². The first-order chi connectivity index (χ1) is 15.5. The highest BCUT2D eigenvalue weighted by atomic mass is 32.2. The lowest BCUT2D eigenvalue weighted by molar-refractivity contribution is 0.0803. The van der Waals surface area contributed by atoms with Crippen molar-refractivity contribution in [2.45, 2.75) is 50.2 Å². The summed E-state index contributed by atoms with van der Waals surface area (Å²) in [4.78, 5) is 13.7. The second-order valence-corrected chi connectivity index (χ2v) is 9.82. The second kappa shape index (κ2) is 12.7. The summed E-state index contributed by atoms with van der Waals surface area (Å²) in [5.41, 5.74) is 7.80. The van der Waals surface area contributed by atoms with Crippen molar-refractivity contribution in [1.29, 1.82) is 0 Å². The van der Waals surface area contributed by atoms with Crippen LogP contribution < -0.4 is 11.1 Å². The van der Waals surface area contributed by atoms with Crippen LogP contribution in [0.5, 0.6) is 0 Å². The molecule has 0 bridgehead atoms. The number of nitrogens with one attached hydrogen (secondary N) is 1. The molecule has 6 nitrogen and oxygen atoms in total. The normalized spacial score (nSPS) is 16.9. The molecule has 1 aliphatic rings. The minimum absolute atomic E-state index is 0.0195. The van der Waals surface area contributed by atoms with Gasteiger partial charge in [0.15, 0.2) is 0 Å². The van der Waals surface area contributed by atoms with Gasteiger partial charge in [-0.3, -0.25) is 0 Å². The predicted octanol–water partition coefficient (Wildman–Crippen LogP) is 4.75. The van der Waals surface area contributed by atoms with Crippen LogP contribution in [0.2, 0.25) is 0 Å². The first-order valence-electron chi connectivity index (χ1n) is 11.3. The van der Waals surface area contributed by atoms with Crippen molar-refractivity contribution >= 4 is 23.7 Å². The Labute approximate surface area is 196 Å². The van der Waals surface area contributed by atoms with Gasteiger partial charge in [0.2, 0.25) is 0 Å². The molecular weight excluding hydrogens is 422 g/mol. The van der Waals surface area contributed by atoms with Crippen molar-refractivity contribution in [2.24, 2.45) is 5.92 Å². The lowest BCUT2D eigenvalue weighted by Crippen LogP contribution is -2.40. The van der Waals surface area contributed by atoms with Crippen LogP contribution in [0, 0.1) is 5.92 Å². The van der Waals surface area contributed by atoms with E-state index in [2.05, 4.69) is 35.6 Å². The maximum Gasteiger partial charge on any atom is 0.407 e. The Hall–Kier alpha value is -2.22. The summed E-state index contributed by atoms with van der Waals surface area (Å²) in [5, 5.41) is 3.10. The average molecular weight is 458 g/mol. The maximum atomic E-state index is 12.5. The molecular formula is C25H35N3O3S. The molecule has 0 radical (unpaired) electrons. The number of anilines is 1. The SMILES string of the molecule is CC(C)CN(CC[C@H](Cc1ccccc1)NC(=O)O[C@H]1CCOC1)Sc1ccc(N)cc1. The molecule has 2 aromatic rings. The van der Waals surface area contributed by atoms with Gasteiger partial charge in [-0.1, -0.05) is 44.2 Å². The highest BCUT2D eigenvalue weighted by Gasteiger charge is 2.22. The minimum atomic E-state index is -0.358. The molecule has 2 atom stereocenters. The molecule has 174 valence electrons. The van der Waals surface area contributed by atoms with Gasteiger partial charge in [0.25, 0.3) is 0 Å². The van der Waals surface area contributed by atoms with Crippen molar-refractivity contribution < 1.29 is 14.3 Å². The van der Waals surface area contributed by atoms with E-state index in [9.17, 15) is 4.79 Å². The lowest BCUT2D eigenvalue weighted by atomic mass is 10.0. The number of hydrogen-bond donors (Lipinski definition) is 2.